The molecule has 3 rings (SSSR count). The Bertz CT molecular complexity index is 769. The van der Waals surface area contributed by atoms with Gasteiger partial charge in [0.25, 0.3) is 0 Å². The molecule has 1 saturated heterocycles. The lowest BCUT2D eigenvalue weighted by molar-refractivity contribution is -0.133. The van der Waals surface area contributed by atoms with Crippen molar-refractivity contribution >= 4 is 11.8 Å². The third-order valence-corrected chi connectivity index (χ3v) is 4.74. The molecule has 0 saturated carbocycles. The normalized spacial score (nSPS) is 14.8. The van der Waals surface area contributed by atoms with E-state index in [2.05, 4.69) is 20.4 Å². The van der Waals surface area contributed by atoms with Crippen LogP contribution in [0.15, 0.2) is 34.7 Å². The molecule has 1 aromatic heterocycles. The van der Waals surface area contributed by atoms with E-state index in [4.69, 9.17) is 4.42 Å². The maximum atomic E-state index is 12.4. The van der Waals surface area contributed by atoms with Crippen LogP contribution in [-0.4, -0.2) is 71.1 Å². The van der Waals surface area contributed by atoms with Crippen LogP contribution < -0.4 is 5.32 Å². The molecule has 0 radical (unpaired) electrons. The molecular weight excluding hydrogens is 358 g/mol. The van der Waals surface area contributed by atoms with Crippen molar-refractivity contribution in [3.63, 3.8) is 0 Å². The highest BCUT2D eigenvalue weighted by Crippen LogP contribution is 2.18. The summed E-state index contributed by atoms with van der Waals surface area (Å²) in [5, 5.41) is 10.9. The molecule has 1 aliphatic heterocycles. The molecule has 1 N–H and O–H groups in total. The summed E-state index contributed by atoms with van der Waals surface area (Å²) in [7, 11) is 0. The van der Waals surface area contributed by atoms with Gasteiger partial charge in [-0.2, -0.15) is 0 Å². The second-order valence-electron chi connectivity index (χ2n) is 6.83. The Morgan fingerprint density at radius 3 is 2.57 bits per heavy atom. The number of likely N-dealkylation sites (N-methyl/N-ethyl adjacent to an activating group) is 1. The van der Waals surface area contributed by atoms with Gasteiger partial charge in [0.1, 0.15) is 0 Å². The minimum absolute atomic E-state index is 0.0386. The summed E-state index contributed by atoms with van der Waals surface area (Å²) in [6.45, 7) is 5.74. The Balaban J connectivity index is 1.37. The fourth-order valence-corrected chi connectivity index (χ4v) is 3.21. The Morgan fingerprint density at radius 1 is 1.11 bits per heavy atom. The van der Waals surface area contributed by atoms with E-state index in [-0.39, 0.29) is 11.8 Å². The van der Waals surface area contributed by atoms with Crippen molar-refractivity contribution in [3.8, 4) is 11.5 Å². The molecule has 2 aromatic rings. The van der Waals surface area contributed by atoms with Crippen molar-refractivity contribution in [2.24, 2.45) is 0 Å². The fourth-order valence-electron chi connectivity index (χ4n) is 3.21. The largest absolute Gasteiger partial charge is 0.421 e. The average molecular weight is 385 g/mol. The van der Waals surface area contributed by atoms with Crippen LogP contribution in [0.25, 0.3) is 11.5 Å². The molecule has 0 aliphatic carbocycles. The molecule has 8 nitrogen and oxygen atoms in total. The Hall–Kier alpha value is -2.74. The van der Waals surface area contributed by atoms with Crippen LogP contribution in [0.1, 0.15) is 25.7 Å². The maximum absolute atomic E-state index is 12.4. The lowest BCUT2D eigenvalue weighted by Gasteiger charge is -2.34. The summed E-state index contributed by atoms with van der Waals surface area (Å²) < 4.78 is 5.68. The number of hydrogen-bond acceptors (Lipinski definition) is 6. The Labute approximate surface area is 164 Å². The third kappa shape index (κ3) is 5.63. The predicted molar refractivity (Wildman–Crippen MR) is 104 cm³/mol. The van der Waals surface area contributed by atoms with Gasteiger partial charge in [-0.1, -0.05) is 18.2 Å². The Kier molecular flexibility index (Phi) is 7.13. The van der Waals surface area contributed by atoms with Crippen molar-refractivity contribution < 1.29 is 14.0 Å². The maximum Gasteiger partial charge on any atom is 0.247 e. The highest BCUT2D eigenvalue weighted by atomic mass is 16.4. The van der Waals surface area contributed by atoms with E-state index in [1.165, 1.54) is 0 Å². The molecule has 1 aliphatic rings. The van der Waals surface area contributed by atoms with E-state index < -0.39 is 0 Å². The van der Waals surface area contributed by atoms with Crippen LogP contribution in [-0.2, 0) is 16.0 Å². The van der Waals surface area contributed by atoms with Gasteiger partial charge in [-0.15, -0.1) is 10.2 Å². The molecule has 150 valence electrons. The number of rotatable bonds is 8. The summed E-state index contributed by atoms with van der Waals surface area (Å²) in [6, 6.07) is 9.63. The first-order valence-electron chi connectivity index (χ1n) is 9.80. The van der Waals surface area contributed by atoms with E-state index in [9.17, 15) is 9.59 Å². The minimum Gasteiger partial charge on any atom is -0.421 e. The van der Waals surface area contributed by atoms with Gasteiger partial charge < -0.3 is 14.6 Å². The number of carbonyl (C=O) groups excluding carboxylic acids is 2. The summed E-state index contributed by atoms with van der Waals surface area (Å²) in [5.41, 5.74) is 0.891. The lowest BCUT2D eigenvalue weighted by Crippen LogP contribution is -2.51. The second kappa shape index (κ2) is 9.98. The molecule has 0 atom stereocenters. The highest BCUT2D eigenvalue weighted by molar-refractivity contribution is 5.78. The molecular formula is C20H27N5O3. The third-order valence-electron chi connectivity index (χ3n) is 4.74. The summed E-state index contributed by atoms with van der Waals surface area (Å²) >= 11 is 0. The van der Waals surface area contributed by atoms with E-state index in [1.54, 1.807) is 0 Å². The minimum atomic E-state index is 0.0386. The van der Waals surface area contributed by atoms with Crippen LogP contribution in [0.5, 0.6) is 0 Å². The molecule has 1 fully saturated rings. The van der Waals surface area contributed by atoms with Crippen molar-refractivity contribution in [1.82, 2.24) is 25.3 Å². The number of piperazine rings is 1. The zero-order chi connectivity index (χ0) is 19.8. The van der Waals surface area contributed by atoms with Gasteiger partial charge in [0.05, 0.1) is 6.54 Å². The van der Waals surface area contributed by atoms with E-state index in [0.29, 0.717) is 57.2 Å². The molecule has 8 heteroatoms. The molecule has 2 heterocycles. The number of aryl methyl sites for hydroxylation is 1. The van der Waals surface area contributed by atoms with Gasteiger partial charge >= 0.3 is 0 Å². The monoisotopic (exact) mass is 385 g/mol. The quantitative estimate of drug-likeness (QED) is 0.737. The SMILES string of the molecule is CCNC(=O)CN1CCN(C(=O)CCCc2nnc(-c3ccccc3)o2)CC1. The molecule has 1 aromatic carbocycles. The lowest BCUT2D eigenvalue weighted by atomic mass is 10.2. The van der Waals surface area contributed by atoms with Crippen LogP contribution in [0.4, 0.5) is 0 Å². The molecule has 0 unspecified atom stereocenters. The van der Waals surface area contributed by atoms with E-state index >= 15 is 0 Å². The van der Waals surface area contributed by atoms with E-state index in [0.717, 1.165) is 18.7 Å². The van der Waals surface area contributed by atoms with Crippen molar-refractivity contribution in [2.75, 3.05) is 39.3 Å². The van der Waals surface area contributed by atoms with Crippen molar-refractivity contribution in [3.05, 3.63) is 36.2 Å². The zero-order valence-corrected chi connectivity index (χ0v) is 16.3. The zero-order valence-electron chi connectivity index (χ0n) is 16.3. The number of nitrogens with zero attached hydrogens (tertiary/aromatic N) is 4. The number of amides is 2. The first-order valence-corrected chi connectivity index (χ1v) is 9.80. The molecule has 0 bridgehead atoms. The summed E-state index contributed by atoms with van der Waals surface area (Å²) in [5.74, 6) is 1.24. The van der Waals surface area contributed by atoms with Gasteiger partial charge in [-0.05, 0) is 25.5 Å². The predicted octanol–water partition coefficient (Wildman–Crippen LogP) is 1.34. The highest BCUT2D eigenvalue weighted by Gasteiger charge is 2.22. The summed E-state index contributed by atoms with van der Waals surface area (Å²) in [4.78, 5) is 28.0. The number of aromatic nitrogens is 2. The first-order chi connectivity index (χ1) is 13.7. The van der Waals surface area contributed by atoms with Gasteiger partial charge in [0.2, 0.25) is 23.6 Å². The standard InChI is InChI=1S/C20H27N5O3/c1-2-21-17(26)15-24-11-13-25(14-12-24)19(27)10-6-9-18-22-23-20(28-18)16-7-4-3-5-8-16/h3-5,7-8H,2,6,9-15H2,1H3,(H,21,26). The first kappa shape index (κ1) is 20.0. The number of hydrogen-bond donors (Lipinski definition) is 1. The fraction of sp³-hybridized carbons (Fsp3) is 0.500. The van der Waals surface area contributed by atoms with Gasteiger partial charge in [-0.3, -0.25) is 14.5 Å². The van der Waals surface area contributed by atoms with Crippen LogP contribution in [0.2, 0.25) is 0 Å². The number of carbonyl (C=O) groups is 2. The smallest absolute Gasteiger partial charge is 0.247 e. The van der Waals surface area contributed by atoms with Gasteiger partial charge in [0.15, 0.2) is 0 Å². The molecule has 0 spiro atoms. The molecule has 28 heavy (non-hydrogen) atoms. The summed E-state index contributed by atoms with van der Waals surface area (Å²) in [6.07, 6.45) is 1.72. The molecule has 2 amide bonds. The second-order valence-corrected chi connectivity index (χ2v) is 6.83. The van der Waals surface area contributed by atoms with Gasteiger partial charge in [-0.25, -0.2) is 0 Å². The Morgan fingerprint density at radius 2 is 1.86 bits per heavy atom. The topological polar surface area (TPSA) is 91.6 Å². The number of nitrogens with one attached hydrogen (secondary N) is 1. The van der Waals surface area contributed by atoms with Gasteiger partial charge in [0, 0.05) is 51.1 Å². The van der Waals surface area contributed by atoms with Crippen molar-refractivity contribution in [1.29, 1.82) is 0 Å². The van der Waals surface area contributed by atoms with E-state index in [1.807, 2.05) is 42.2 Å². The number of benzene rings is 1. The van der Waals surface area contributed by atoms with Crippen LogP contribution >= 0.6 is 0 Å². The average Bonchev–Trinajstić information content (AvgIpc) is 3.18. The van der Waals surface area contributed by atoms with Crippen LogP contribution in [0.3, 0.4) is 0 Å². The van der Waals surface area contributed by atoms with Crippen molar-refractivity contribution in [2.45, 2.75) is 26.2 Å². The van der Waals surface area contributed by atoms with Crippen LogP contribution in [0, 0.1) is 0 Å².